The molecule has 1 amide bonds. The molecule has 0 aliphatic carbocycles. The number of benzene rings is 1. The number of carbonyl (C=O) groups is 1. The summed E-state index contributed by atoms with van der Waals surface area (Å²) in [6.45, 7) is 6.68. The summed E-state index contributed by atoms with van der Waals surface area (Å²) < 4.78 is 25.3. The molecule has 1 N–H and O–H groups in total. The maximum atomic E-state index is 13.7. The molecule has 3 rings (SSSR count). The van der Waals surface area contributed by atoms with Gasteiger partial charge in [-0.05, 0) is 47.5 Å². The fraction of sp³-hybridized carbons (Fsp3) is 0.421. The number of hydrogen-bond donors (Lipinski definition) is 1. The highest BCUT2D eigenvalue weighted by atomic mass is 79.9. The second-order valence-electron chi connectivity index (χ2n) is 6.33. The second-order valence-corrected chi connectivity index (χ2v) is 7.13. The highest BCUT2D eigenvalue weighted by Gasteiger charge is 2.25. The molecule has 0 radical (unpaired) electrons. The topological polar surface area (TPSA) is 54.7 Å². The number of morpholine rings is 1. The lowest BCUT2D eigenvalue weighted by atomic mass is 10.0. The summed E-state index contributed by atoms with van der Waals surface area (Å²) in [5.41, 5.74) is 1.34. The molecule has 1 aromatic carbocycles. The van der Waals surface area contributed by atoms with Gasteiger partial charge in [-0.1, -0.05) is 12.1 Å². The van der Waals surface area contributed by atoms with Gasteiger partial charge in [0, 0.05) is 19.6 Å². The van der Waals surface area contributed by atoms with Crippen molar-refractivity contribution in [1.29, 1.82) is 0 Å². The number of aryl methyl sites for hydroxylation is 2. The Labute approximate surface area is 160 Å². The summed E-state index contributed by atoms with van der Waals surface area (Å²) in [5, 5.41) is 2.98. The van der Waals surface area contributed by atoms with E-state index in [2.05, 4.69) is 26.1 Å². The molecule has 1 unspecified atom stereocenters. The summed E-state index contributed by atoms with van der Waals surface area (Å²) in [5.74, 6) is 0.750. The van der Waals surface area contributed by atoms with Crippen LogP contribution < -0.4 is 5.32 Å². The standard InChI is InChI=1S/C19H22BrFN2O3/c1-12-17(18(20)13(2)26-12)19(24)22-11-16(23-6-8-25-9-7-23)14-4-3-5-15(21)10-14/h3-5,10,16H,6-9,11H2,1-2H3,(H,22,24). The van der Waals surface area contributed by atoms with Gasteiger partial charge in [0.15, 0.2) is 0 Å². The number of furan rings is 1. The van der Waals surface area contributed by atoms with Gasteiger partial charge in [0.05, 0.1) is 29.3 Å². The Morgan fingerprint density at radius 2 is 2.04 bits per heavy atom. The molecule has 1 fully saturated rings. The molecule has 1 aliphatic heterocycles. The van der Waals surface area contributed by atoms with Crippen LogP contribution in [-0.2, 0) is 4.74 Å². The maximum Gasteiger partial charge on any atom is 0.256 e. The molecule has 2 aromatic rings. The van der Waals surface area contributed by atoms with E-state index in [1.807, 2.05) is 6.07 Å². The Kier molecular flexibility index (Phi) is 6.11. The van der Waals surface area contributed by atoms with Gasteiger partial charge in [-0.3, -0.25) is 9.69 Å². The molecule has 0 bridgehead atoms. The van der Waals surface area contributed by atoms with Crippen molar-refractivity contribution >= 4 is 21.8 Å². The minimum absolute atomic E-state index is 0.120. The van der Waals surface area contributed by atoms with Crippen molar-refractivity contribution in [2.75, 3.05) is 32.8 Å². The summed E-state index contributed by atoms with van der Waals surface area (Å²) in [4.78, 5) is 14.9. The number of carbonyl (C=O) groups excluding carboxylic acids is 1. The van der Waals surface area contributed by atoms with Crippen LogP contribution in [0.1, 0.15) is 33.5 Å². The van der Waals surface area contributed by atoms with Gasteiger partial charge < -0.3 is 14.5 Å². The van der Waals surface area contributed by atoms with E-state index < -0.39 is 0 Å². The van der Waals surface area contributed by atoms with Gasteiger partial charge in [-0.2, -0.15) is 0 Å². The number of rotatable bonds is 5. The molecule has 7 heteroatoms. The largest absolute Gasteiger partial charge is 0.465 e. The SMILES string of the molecule is Cc1oc(C)c(C(=O)NCC(c2cccc(F)c2)N2CCOCC2)c1Br. The zero-order valence-electron chi connectivity index (χ0n) is 14.9. The molecule has 1 aromatic heterocycles. The Balaban J connectivity index is 1.78. The lowest BCUT2D eigenvalue weighted by Gasteiger charge is -2.35. The highest BCUT2D eigenvalue weighted by Crippen LogP contribution is 2.28. The normalized spacial score (nSPS) is 16.5. The number of nitrogens with one attached hydrogen (secondary N) is 1. The van der Waals surface area contributed by atoms with Crippen LogP contribution in [0, 0.1) is 19.7 Å². The molecule has 26 heavy (non-hydrogen) atoms. The van der Waals surface area contributed by atoms with Gasteiger partial charge in [0.2, 0.25) is 0 Å². The molecular weight excluding hydrogens is 403 g/mol. The van der Waals surface area contributed by atoms with E-state index in [-0.39, 0.29) is 17.8 Å². The molecule has 0 spiro atoms. The van der Waals surface area contributed by atoms with Crippen LogP contribution in [0.25, 0.3) is 0 Å². The van der Waals surface area contributed by atoms with E-state index in [0.29, 0.717) is 41.3 Å². The molecular formula is C19H22BrFN2O3. The van der Waals surface area contributed by atoms with Crippen molar-refractivity contribution in [3.63, 3.8) is 0 Å². The monoisotopic (exact) mass is 424 g/mol. The van der Waals surface area contributed by atoms with Crippen molar-refractivity contribution in [3.05, 3.63) is 57.2 Å². The second kappa shape index (κ2) is 8.33. The summed E-state index contributed by atoms with van der Waals surface area (Å²) in [7, 11) is 0. The molecule has 1 aliphatic rings. The van der Waals surface area contributed by atoms with E-state index >= 15 is 0 Å². The smallest absolute Gasteiger partial charge is 0.256 e. The van der Waals surface area contributed by atoms with Crippen LogP contribution in [0.15, 0.2) is 33.2 Å². The number of halogens is 2. The maximum absolute atomic E-state index is 13.7. The van der Waals surface area contributed by atoms with E-state index in [9.17, 15) is 9.18 Å². The fourth-order valence-corrected chi connectivity index (χ4v) is 3.79. The Morgan fingerprint density at radius 3 is 2.65 bits per heavy atom. The van der Waals surface area contributed by atoms with E-state index in [0.717, 1.165) is 18.7 Å². The first-order chi connectivity index (χ1) is 12.5. The number of hydrogen-bond acceptors (Lipinski definition) is 4. The highest BCUT2D eigenvalue weighted by molar-refractivity contribution is 9.10. The zero-order chi connectivity index (χ0) is 18.7. The Bertz CT molecular complexity index is 787. The Morgan fingerprint density at radius 1 is 1.31 bits per heavy atom. The third-order valence-corrected chi connectivity index (χ3v) is 5.54. The van der Waals surface area contributed by atoms with Crippen LogP contribution in [0.2, 0.25) is 0 Å². The van der Waals surface area contributed by atoms with Gasteiger partial charge in [-0.25, -0.2) is 4.39 Å². The predicted octanol–water partition coefficient (Wildman–Crippen LogP) is 3.60. The molecule has 1 saturated heterocycles. The van der Waals surface area contributed by atoms with Crippen LogP contribution in [0.4, 0.5) is 4.39 Å². The van der Waals surface area contributed by atoms with E-state index in [4.69, 9.17) is 9.15 Å². The Hall–Kier alpha value is -1.70. The van der Waals surface area contributed by atoms with Crippen LogP contribution in [0.5, 0.6) is 0 Å². The van der Waals surface area contributed by atoms with Gasteiger partial charge in [0.25, 0.3) is 5.91 Å². The van der Waals surface area contributed by atoms with Crippen LogP contribution >= 0.6 is 15.9 Å². The summed E-state index contributed by atoms with van der Waals surface area (Å²) >= 11 is 3.41. The number of ether oxygens (including phenoxy) is 1. The van der Waals surface area contributed by atoms with Crippen molar-refractivity contribution < 1.29 is 18.3 Å². The average Bonchev–Trinajstić information content (AvgIpc) is 2.88. The predicted molar refractivity (Wildman–Crippen MR) is 99.7 cm³/mol. The minimum atomic E-state index is -0.281. The molecule has 1 atom stereocenters. The summed E-state index contributed by atoms with van der Waals surface area (Å²) in [6, 6.07) is 6.41. The van der Waals surface area contributed by atoms with Crippen molar-refractivity contribution in [2.45, 2.75) is 19.9 Å². The third-order valence-electron chi connectivity index (χ3n) is 4.59. The average molecular weight is 425 g/mol. The minimum Gasteiger partial charge on any atom is -0.465 e. The number of nitrogens with zero attached hydrogens (tertiary/aromatic N) is 1. The van der Waals surface area contributed by atoms with Gasteiger partial charge in [-0.15, -0.1) is 0 Å². The fourth-order valence-electron chi connectivity index (χ4n) is 3.25. The lowest BCUT2D eigenvalue weighted by Crippen LogP contribution is -2.43. The molecule has 5 nitrogen and oxygen atoms in total. The molecule has 0 saturated carbocycles. The third kappa shape index (κ3) is 4.16. The van der Waals surface area contributed by atoms with Crippen molar-refractivity contribution in [1.82, 2.24) is 10.2 Å². The quantitative estimate of drug-likeness (QED) is 0.796. The number of amides is 1. The van der Waals surface area contributed by atoms with Crippen molar-refractivity contribution in [3.8, 4) is 0 Å². The molecule has 2 heterocycles. The molecule has 140 valence electrons. The van der Waals surface area contributed by atoms with Crippen molar-refractivity contribution in [2.24, 2.45) is 0 Å². The summed E-state index contributed by atoms with van der Waals surface area (Å²) in [6.07, 6.45) is 0. The van der Waals surface area contributed by atoms with Crippen LogP contribution in [-0.4, -0.2) is 43.7 Å². The lowest BCUT2D eigenvalue weighted by molar-refractivity contribution is 0.0161. The van der Waals surface area contributed by atoms with E-state index in [1.54, 1.807) is 19.9 Å². The van der Waals surface area contributed by atoms with E-state index in [1.165, 1.54) is 12.1 Å². The van der Waals surface area contributed by atoms with Gasteiger partial charge in [0.1, 0.15) is 17.3 Å². The first-order valence-corrected chi connectivity index (χ1v) is 9.37. The van der Waals surface area contributed by atoms with Gasteiger partial charge >= 0.3 is 0 Å². The van der Waals surface area contributed by atoms with Crippen LogP contribution in [0.3, 0.4) is 0 Å². The first-order valence-electron chi connectivity index (χ1n) is 8.58. The first kappa shape index (κ1) is 19.1. The zero-order valence-corrected chi connectivity index (χ0v) is 16.4.